The summed E-state index contributed by atoms with van der Waals surface area (Å²) in [5.41, 5.74) is 7.73. The van der Waals surface area contributed by atoms with Crippen molar-refractivity contribution >= 4 is 22.5 Å². The number of ether oxygens (including phenoxy) is 1. The maximum absolute atomic E-state index is 13.4. The van der Waals surface area contributed by atoms with E-state index in [1.807, 2.05) is 11.1 Å². The van der Waals surface area contributed by atoms with Crippen LogP contribution in [0.2, 0.25) is 0 Å². The molecule has 0 atom stereocenters. The number of hydrogen-bond acceptors (Lipinski definition) is 4. The molecule has 0 radical (unpaired) electrons. The highest BCUT2D eigenvalue weighted by molar-refractivity contribution is 6.10. The first-order chi connectivity index (χ1) is 15.5. The van der Waals surface area contributed by atoms with Gasteiger partial charge in [0.1, 0.15) is 0 Å². The lowest BCUT2D eigenvalue weighted by molar-refractivity contribution is -0.122. The fourth-order valence-corrected chi connectivity index (χ4v) is 5.72. The van der Waals surface area contributed by atoms with Crippen LogP contribution in [0.25, 0.3) is 22.3 Å². The van der Waals surface area contributed by atoms with E-state index in [9.17, 15) is 4.79 Å². The Morgan fingerprint density at radius 1 is 1.12 bits per heavy atom. The normalized spacial score (nSPS) is 20.3. The second kappa shape index (κ2) is 7.46. The van der Waals surface area contributed by atoms with Gasteiger partial charge in [-0.2, -0.15) is 5.10 Å². The van der Waals surface area contributed by atoms with Gasteiger partial charge in [0.2, 0.25) is 5.91 Å². The zero-order valence-corrected chi connectivity index (χ0v) is 19.0. The number of aromatic amines is 2. The van der Waals surface area contributed by atoms with E-state index in [4.69, 9.17) is 4.74 Å². The standard InChI is InChI=1S/C25H31N5O2/c1-25(2)19-14-20-18(17-6-3-5-16-15-26-28-22(16)23(17)27-20)13-21(19)30(24(25)31)8-4-7-29-9-11-32-12-10-29/h13-15,27H,3-12H2,1-2H3,(H,26,28). The van der Waals surface area contributed by atoms with Crippen molar-refractivity contribution in [1.29, 1.82) is 0 Å². The molecule has 1 aromatic carbocycles. The summed E-state index contributed by atoms with van der Waals surface area (Å²) >= 11 is 0. The summed E-state index contributed by atoms with van der Waals surface area (Å²) in [7, 11) is 0. The molecule has 0 bridgehead atoms. The molecule has 2 aliphatic heterocycles. The van der Waals surface area contributed by atoms with Crippen LogP contribution < -0.4 is 4.90 Å². The summed E-state index contributed by atoms with van der Waals surface area (Å²) in [6.45, 7) is 9.48. The predicted octanol–water partition coefficient (Wildman–Crippen LogP) is 3.39. The van der Waals surface area contributed by atoms with Crippen molar-refractivity contribution in [2.75, 3.05) is 44.3 Å². The number of carbonyl (C=O) groups is 1. The van der Waals surface area contributed by atoms with Crippen molar-refractivity contribution in [1.82, 2.24) is 20.1 Å². The average Bonchev–Trinajstić information content (AvgIpc) is 3.41. The van der Waals surface area contributed by atoms with Crippen LogP contribution in [-0.4, -0.2) is 65.4 Å². The molecule has 2 N–H and O–H groups in total. The van der Waals surface area contributed by atoms with E-state index in [0.717, 1.165) is 93.2 Å². The molecule has 1 amide bonds. The number of rotatable bonds is 4. The van der Waals surface area contributed by atoms with Gasteiger partial charge in [-0.15, -0.1) is 0 Å². The quantitative estimate of drug-likeness (QED) is 0.661. The highest BCUT2D eigenvalue weighted by atomic mass is 16.5. The van der Waals surface area contributed by atoms with Crippen LogP contribution in [0.3, 0.4) is 0 Å². The molecule has 3 aliphatic rings. The lowest BCUT2D eigenvalue weighted by atomic mass is 9.85. The molecule has 0 spiro atoms. The molecule has 7 heteroatoms. The highest BCUT2D eigenvalue weighted by Crippen LogP contribution is 2.46. The summed E-state index contributed by atoms with van der Waals surface area (Å²) < 4.78 is 5.46. The van der Waals surface area contributed by atoms with E-state index < -0.39 is 5.41 Å². The van der Waals surface area contributed by atoms with Crippen LogP contribution in [0.1, 0.15) is 43.4 Å². The fourth-order valence-electron chi connectivity index (χ4n) is 5.72. The van der Waals surface area contributed by atoms with Crippen LogP contribution in [0.15, 0.2) is 18.3 Å². The Morgan fingerprint density at radius 3 is 2.81 bits per heavy atom. The molecular weight excluding hydrogens is 402 g/mol. The van der Waals surface area contributed by atoms with E-state index in [1.165, 1.54) is 16.5 Å². The number of nitrogens with one attached hydrogen (secondary N) is 2. The van der Waals surface area contributed by atoms with Crippen molar-refractivity contribution < 1.29 is 9.53 Å². The van der Waals surface area contributed by atoms with E-state index in [0.29, 0.717) is 0 Å². The molecule has 4 heterocycles. The van der Waals surface area contributed by atoms with Gasteiger partial charge in [0.15, 0.2) is 0 Å². The molecule has 1 aliphatic carbocycles. The number of hydrogen-bond donors (Lipinski definition) is 2. The van der Waals surface area contributed by atoms with Gasteiger partial charge in [0.05, 0.1) is 36.2 Å². The number of amides is 1. The van der Waals surface area contributed by atoms with Crippen LogP contribution in [0, 0.1) is 0 Å². The van der Waals surface area contributed by atoms with Gasteiger partial charge < -0.3 is 14.6 Å². The Balaban J connectivity index is 1.36. The number of carbonyl (C=O) groups excluding carboxylic acids is 1. The number of anilines is 1. The molecule has 1 saturated heterocycles. The molecule has 1 fully saturated rings. The summed E-state index contributed by atoms with van der Waals surface area (Å²) in [6.07, 6.45) is 6.11. The Labute approximate surface area is 188 Å². The van der Waals surface area contributed by atoms with Crippen molar-refractivity contribution in [3.63, 3.8) is 0 Å². The first-order valence-corrected chi connectivity index (χ1v) is 11.9. The lowest BCUT2D eigenvalue weighted by Crippen LogP contribution is -2.40. The van der Waals surface area contributed by atoms with Crippen LogP contribution in [-0.2, 0) is 27.8 Å². The summed E-state index contributed by atoms with van der Waals surface area (Å²) in [6, 6.07) is 4.48. The maximum Gasteiger partial charge on any atom is 0.237 e. The van der Waals surface area contributed by atoms with Crippen LogP contribution >= 0.6 is 0 Å². The first-order valence-electron chi connectivity index (χ1n) is 11.9. The third-order valence-corrected chi connectivity index (χ3v) is 7.57. The van der Waals surface area contributed by atoms with Crippen molar-refractivity contribution in [2.24, 2.45) is 0 Å². The van der Waals surface area contributed by atoms with Crippen molar-refractivity contribution in [2.45, 2.75) is 44.9 Å². The third-order valence-electron chi connectivity index (χ3n) is 7.57. The van der Waals surface area contributed by atoms with Gasteiger partial charge in [0, 0.05) is 42.8 Å². The average molecular weight is 434 g/mol. The molecule has 168 valence electrons. The van der Waals surface area contributed by atoms with Gasteiger partial charge in [-0.25, -0.2) is 0 Å². The number of morpholine rings is 1. The molecule has 3 aromatic rings. The van der Waals surface area contributed by atoms with Gasteiger partial charge >= 0.3 is 0 Å². The number of nitrogens with zero attached hydrogens (tertiary/aromatic N) is 3. The van der Waals surface area contributed by atoms with E-state index in [-0.39, 0.29) is 5.91 Å². The van der Waals surface area contributed by atoms with E-state index in [2.05, 4.69) is 46.1 Å². The van der Waals surface area contributed by atoms with Crippen LogP contribution in [0.5, 0.6) is 0 Å². The minimum absolute atomic E-state index is 0.212. The van der Waals surface area contributed by atoms with Crippen molar-refractivity contribution in [3.05, 3.63) is 35.0 Å². The fraction of sp³-hybridized carbons (Fsp3) is 0.520. The Kier molecular flexibility index (Phi) is 4.66. The summed E-state index contributed by atoms with van der Waals surface area (Å²) in [4.78, 5) is 21.5. The lowest BCUT2D eigenvalue weighted by Gasteiger charge is -2.27. The van der Waals surface area contributed by atoms with Crippen molar-refractivity contribution in [3.8, 4) is 11.4 Å². The number of fused-ring (bicyclic) bond motifs is 6. The molecule has 2 aromatic heterocycles. The summed E-state index contributed by atoms with van der Waals surface area (Å²) in [5, 5.41) is 8.73. The minimum atomic E-state index is -0.510. The topological polar surface area (TPSA) is 77.2 Å². The molecule has 0 saturated carbocycles. The van der Waals surface area contributed by atoms with Gasteiger partial charge in [-0.1, -0.05) is 0 Å². The molecular formula is C25H31N5O2. The maximum atomic E-state index is 13.4. The molecule has 0 unspecified atom stereocenters. The highest BCUT2D eigenvalue weighted by Gasteiger charge is 2.44. The minimum Gasteiger partial charge on any atom is -0.379 e. The number of aryl methyl sites for hydroxylation is 2. The molecule has 7 nitrogen and oxygen atoms in total. The van der Waals surface area contributed by atoms with Gasteiger partial charge in [0.25, 0.3) is 0 Å². The molecule has 32 heavy (non-hydrogen) atoms. The van der Waals surface area contributed by atoms with Gasteiger partial charge in [-0.3, -0.25) is 14.8 Å². The zero-order chi connectivity index (χ0) is 21.9. The first kappa shape index (κ1) is 20.0. The Hall–Kier alpha value is -2.64. The second-order valence-electron chi connectivity index (χ2n) is 9.91. The molecule has 6 rings (SSSR count). The zero-order valence-electron chi connectivity index (χ0n) is 19.0. The number of aromatic nitrogens is 3. The Bertz CT molecular complexity index is 1180. The number of H-pyrrole nitrogens is 2. The number of benzene rings is 1. The summed E-state index contributed by atoms with van der Waals surface area (Å²) in [5.74, 6) is 0.212. The monoisotopic (exact) mass is 433 g/mol. The second-order valence-corrected chi connectivity index (χ2v) is 9.91. The van der Waals surface area contributed by atoms with E-state index >= 15 is 0 Å². The Morgan fingerprint density at radius 2 is 1.97 bits per heavy atom. The third kappa shape index (κ3) is 3.02. The largest absolute Gasteiger partial charge is 0.379 e. The van der Waals surface area contributed by atoms with E-state index in [1.54, 1.807) is 0 Å². The van der Waals surface area contributed by atoms with Crippen LogP contribution in [0.4, 0.5) is 5.69 Å². The smallest absolute Gasteiger partial charge is 0.237 e. The van der Waals surface area contributed by atoms with Gasteiger partial charge in [-0.05, 0) is 68.4 Å². The SMILES string of the molecule is CC1(C)C(=O)N(CCCN2CCOCC2)c2cc3c4c([nH]c3cc21)-c1[nH]ncc1CCC4. The predicted molar refractivity (Wildman–Crippen MR) is 125 cm³/mol.